The second-order valence-corrected chi connectivity index (χ2v) is 4.90. The molecule has 0 spiro atoms. The minimum Gasteiger partial charge on any atom is -0.237 e. The molecule has 0 fully saturated rings. The van der Waals surface area contributed by atoms with Crippen LogP contribution in [0.25, 0.3) is 11.4 Å². The molecule has 2 nitrogen and oxygen atoms in total. The summed E-state index contributed by atoms with van der Waals surface area (Å²) < 4.78 is 0. The molecule has 1 aromatic heterocycles. The molecule has 0 bridgehead atoms. The van der Waals surface area contributed by atoms with E-state index in [2.05, 4.69) is 29.0 Å². The van der Waals surface area contributed by atoms with Crippen LogP contribution in [-0.4, -0.2) is 9.97 Å². The molecule has 2 aromatic rings. The quantitative estimate of drug-likeness (QED) is 0.672. The minimum atomic E-state index is 0.839. The van der Waals surface area contributed by atoms with E-state index >= 15 is 0 Å². The van der Waals surface area contributed by atoms with Gasteiger partial charge in [0, 0.05) is 17.5 Å². The first kappa shape index (κ1) is 13.7. The molecule has 0 aliphatic rings. The molecular weight excluding hydrogens is 232 g/mol. The molecule has 19 heavy (non-hydrogen) atoms. The molecule has 100 valence electrons. The van der Waals surface area contributed by atoms with Gasteiger partial charge in [0.15, 0.2) is 5.82 Å². The van der Waals surface area contributed by atoms with Crippen molar-refractivity contribution in [2.24, 2.45) is 0 Å². The lowest BCUT2D eigenvalue weighted by atomic mass is 10.1. The molecule has 0 unspecified atom stereocenters. The molecule has 2 heteroatoms. The molecule has 0 saturated heterocycles. The van der Waals surface area contributed by atoms with E-state index in [1.165, 1.54) is 32.1 Å². The van der Waals surface area contributed by atoms with E-state index in [1.54, 1.807) is 0 Å². The Morgan fingerprint density at radius 1 is 0.895 bits per heavy atom. The number of nitrogens with zero attached hydrogens (tertiary/aromatic N) is 2. The van der Waals surface area contributed by atoms with Crippen LogP contribution in [0.2, 0.25) is 0 Å². The van der Waals surface area contributed by atoms with Crippen LogP contribution in [0.15, 0.2) is 42.6 Å². The molecule has 0 aliphatic carbocycles. The minimum absolute atomic E-state index is 0.839. The first-order valence-electron chi connectivity index (χ1n) is 7.27. The summed E-state index contributed by atoms with van der Waals surface area (Å²) in [4.78, 5) is 9.01. The predicted molar refractivity (Wildman–Crippen MR) is 79.9 cm³/mol. The molecule has 1 heterocycles. The topological polar surface area (TPSA) is 25.8 Å². The highest BCUT2D eigenvalue weighted by Crippen LogP contribution is 2.14. The number of benzene rings is 1. The van der Waals surface area contributed by atoms with Crippen molar-refractivity contribution in [2.75, 3.05) is 0 Å². The number of aryl methyl sites for hydroxylation is 1. The molecule has 0 atom stereocenters. The van der Waals surface area contributed by atoms with Crippen LogP contribution < -0.4 is 0 Å². The normalized spacial score (nSPS) is 10.6. The van der Waals surface area contributed by atoms with Crippen molar-refractivity contribution < 1.29 is 0 Å². The first-order chi connectivity index (χ1) is 9.40. The molecule has 0 N–H and O–H groups in total. The zero-order valence-electron chi connectivity index (χ0n) is 11.7. The Kier molecular flexibility index (Phi) is 5.54. The van der Waals surface area contributed by atoms with Crippen molar-refractivity contribution in [2.45, 2.75) is 45.4 Å². The Hall–Kier alpha value is -1.70. The number of aromatic nitrogens is 2. The third kappa shape index (κ3) is 4.47. The number of rotatable bonds is 7. The lowest BCUT2D eigenvalue weighted by molar-refractivity contribution is 0.628. The molecule has 0 radical (unpaired) electrons. The van der Waals surface area contributed by atoms with Crippen molar-refractivity contribution >= 4 is 0 Å². The van der Waals surface area contributed by atoms with E-state index < -0.39 is 0 Å². The van der Waals surface area contributed by atoms with Gasteiger partial charge in [-0.2, -0.15) is 0 Å². The Morgan fingerprint density at radius 2 is 1.68 bits per heavy atom. The van der Waals surface area contributed by atoms with Crippen molar-refractivity contribution in [3.05, 3.63) is 48.3 Å². The van der Waals surface area contributed by atoms with Crippen LogP contribution >= 0.6 is 0 Å². The monoisotopic (exact) mass is 254 g/mol. The molecule has 0 amide bonds. The van der Waals surface area contributed by atoms with Crippen LogP contribution in [0.1, 0.15) is 44.7 Å². The van der Waals surface area contributed by atoms with Crippen LogP contribution in [0.4, 0.5) is 0 Å². The maximum Gasteiger partial charge on any atom is 0.159 e. The van der Waals surface area contributed by atoms with Crippen LogP contribution in [0, 0.1) is 0 Å². The Bertz CT molecular complexity index is 480. The Morgan fingerprint density at radius 3 is 2.47 bits per heavy atom. The van der Waals surface area contributed by atoms with Gasteiger partial charge in [0.1, 0.15) is 0 Å². The van der Waals surface area contributed by atoms with Gasteiger partial charge in [0.05, 0.1) is 0 Å². The van der Waals surface area contributed by atoms with E-state index in [1.807, 2.05) is 30.5 Å². The SMILES string of the molecule is CCCCCCCc1ccnc(-c2ccccc2)n1. The van der Waals surface area contributed by atoms with E-state index in [9.17, 15) is 0 Å². The van der Waals surface area contributed by atoms with Gasteiger partial charge in [0.2, 0.25) is 0 Å². The van der Waals surface area contributed by atoms with Crippen molar-refractivity contribution in [1.29, 1.82) is 0 Å². The molecule has 2 rings (SSSR count). The van der Waals surface area contributed by atoms with Crippen LogP contribution in [0.3, 0.4) is 0 Å². The van der Waals surface area contributed by atoms with E-state index in [0.717, 1.165) is 23.5 Å². The maximum absolute atomic E-state index is 4.65. The maximum atomic E-state index is 4.65. The molecule has 0 aliphatic heterocycles. The number of hydrogen-bond donors (Lipinski definition) is 0. The Balaban J connectivity index is 1.92. The summed E-state index contributed by atoms with van der Waals surface area (Å²) in [6.07, 6.45) is 9.45. The fraction of sp³-hybridized carbons (Fsp3) is 0.412. The van der Waals surface area contributed by atoms with Gasteiger partial charge >= 0.3 is 0 Å². The first-order valence-corrected chi connectivity index (χ1v) is 7.27. The lowest BCUT2D eigenvalue weighted by Gasteiger charge is -2.04. The average Bonchev–Trinajstić information content (AvgIpc) is 2.48. The van der Waals surface area contributed by atoms with Crippen molar-refractivity contribution in [1.82, 2.24) is 9.97 Å². The second-order valence-electron chi connectivity index (χ2n) is 4.90. The van der Waals surface area contributed by atoms with Crippen LogP contribution in [0.5, 0.6) is 0 Å². The highest BCUT2D eigenvalue weighted by molar-refractivity contribution is 5.54. The largest absolute Gasteiger partial charge is 0.237 e. The zero-order valence-corrected chi connectivity index (χ0v) is 11.7. The summed E-state index contributed by atoms with van der Waals surface area (Å²) in [5.74, 6) is 0.839. The summed E-state index contributed by atoms with van der Waals surface area (Å²) in [5, 5.41) is 0. The lowest BCUT2D eigenvalue weighted by Crippen LogP contribution is -1.95. The zero-order chi connectivity index (χ0) is 13.3. The van der Waals surface area contributed by atoms with Crippen molar-refractivity contribution in [3.8, 4) is 11.4 Å². The fourth-order valence-electron chi connectivity index (χ4n) is 2.17. The third-order valence-corrected chi connectivity index (χ3v) is 3.28. The third-order valence-electron chi connectivity index (χ3n) is 3.28. The smallest absolute Gasteiger partial charge is 0.159 e. The fourth-order valence-corrected chi connectivity index (χ4v) is 2.17. The van der Waals surface area contributed by atoms with Gasteiger partial charge in [-0.25, -0.2) is 9.97 Å². The number of hydrogen-bond acceptors (Lipinski definition) is 2. The summed E-state index contributed by atoms with van der Waals surface area (Å²) in [5.41, 5.74) is 2.25. The van der Waals surface area contributed by atoms with Gasteiger partial charge in [-0.05, 0) is 18.9 Å². The van der Waals surface area contributed by atoms with E-state index in [-0.39, 0.29) is 0 Å². The van der Waals surface area contributed by atoms with E-state index in [4.69, 9.17) is 0 Å². The van der Waals surface area contributed by atoms with Gasteiger partial charge in [0.25, 0.3) is 0 Å². The summed E-state index contributed by atoms with van der Waals surface area (Å²) in [6.45, 7) is 2.25. The molecule has 1 aromatic carbocycles. The van der Waals surface area contributed by atoms with Gasteiger partial charge < -0.3 is 0 Å². The van der Waals surface area contributed by atoms with Gasteiger partial charge in [-0.15, -0.1) is 0 Å². The second kappa shape index (κ2) is 7.67. The van der Waals surface area contributed by atoms with Gasteiger partial charge in [-0.3, -0.25) is 0 Å². The summed E-state index contributed by atoms with van der Waals surface area (Å²) >= 11 is 0. The summed E-state index contributed by atoms with van der Waals surface area (Å²) in [7, 11) is 0. The van der Waals surface area contributed by atoms with Crippen molar-refractivity contribution in [3.63, 3.8) is 0 Å². The predicted octanol–water partition coefficient (Wildman–Crippen LogP) is 4.66. The summed E-state index contributed by atoms with van der Waals surface area (Å²) in [6, 6.07) is 12.2. The molecular formula is C17H22N2. The highest BCUT2D eigenvalue weighted by atomic mass is 14.9. The molecule has 0 saturated carbocycles. The standard InChI is InChI=1S/C17H22N2/c1-2-3-4-5-9-12-16-13-14-18-17(19-16)15-10-7-6-8-11-15/h6-8,10-11,13-14H,2-5,9,12H2,1H3. The van der Waals surface area contributed by atoms with Gasteiger partial charge in [-0.1, -0.05) is 62.9 Å². The Labute approximate surface area is 115 Å². The highest BCUT2D eigenvalue weighted by Gasteiger charge is 2.02. The van der Waals surface area contributed by atoms with E-state index in [0.29, 0.717) is 0 Å². The average molecular weight is 254 g/mol. The number of unbranched alkanes of at least 4 members (excludes halogenated alkanes) is 4. The van der Waals surface area contributed by atoms with Crippen LogP contribution in [-0.2, 0) is 6.42 Å².